The number of thiol groups is 1. The van der Waals surface area contributed by atoms with Crippen molar-refractivity contribution in [2.24, 2.45) is 0 Å². The Kier molecular flexibility index (Phi) is 6.43. The van der Waals surface area contributed by atoms with Crippen LogP contribution in [0.5, 0.6) is 11.5 Å². The van der Waals surface area contributed by atoms with Gasteiger partial charge in [-0.2, -0.15) is 0 Å². The zero-order valence-electron chi connectivity index (χ0n) is 19.0. The summed E-state index contributed by atoms with van der Waals surface area (Å²) >= 11 is 6.25. The summed E-state index contributed by atoms with van der Waals surface area (Å²) in [6.45, 7) is 0. The Bertz CT molecular complexity index is 1400. The summed E-state index contributed by atoms with van der Waals surface area (Å²) < 4.78 is 10.7. The van der Waals surface area contributed by atoms with Crippen LogP contribution >= 0.6 is 24.0 Å². The van der Waals surface area contributed by atoms with E-state index >= 15 is 0 Å². The minimum atomic E-state index is 0.783. The van der Waals surface area contributed by atoms with E-state index in [2.05, 4.69) is 91.5 Å². The van der Waals surface area contributed by atoms with E-state index in [9.17, 15) is 0 Å². The van der Waals surface area contributed by atoms with E-state index in [1.54, 1.807) is 14.2 Å². The van der Waals surface area contributed by atoms with Gasteiger partial charge in [0.25, 0.3) is 0 Å². The van der Waals surface area contributed by atoms with Crippen LogP contribution in [0, 0.1) is 0 Å². The molecule has 0 spiro atoms. The number of hydrogen-bond donors (Lipinski definition) is 1. The zero-order valence-corrected chi connectivity index (χ0v) is 20.7. The molecular weight excluding hydrogens is 456 g/mol. The quantitative estimate of drug-likeness (QED) is 0.245. The van der Waals surface area contributed by atoms with Gasteiger partial charge in [0.1, 0.15) is 11.5 Å². The molecule has 168 valence electrons. The second-order valence-corrected chi connectivity index (χ2v) is 9.50. The lowest BCUT2D eigenvalue weighted by Crippen LogP contribution is -1.86. The van der Waals surface area contributed by atoms with Crippen LogP contribution in [0.3, 0.4) is 0 Å². The summed E-state index contributed by atoms with van der Waals surface area (Å²) in [5, 5.41) is 0. The average Bonchev–Trinajstić information content (AvgIpc) is 3.40. The lowest BCUT2D eigenvalue weighted by atomic mass is 10.0. The molecule has 0 N–H and O–H groups in total. The molecule has 1 aromatic heterocycles. The van der Waals surface area contributed by atoms with Gasteiger partial charge in [0.05, 0.1) is 14.2 Å². The van der Waals surface area contributed by atoms with Gasteiger partial charge in [0.15, 0.2) is 0 Å². The first-order valence-electron chi connectivity index (χ1n) is 11.0. The second kappa shape index (κ2) is 9.80. The first-order chi connectivity index (χ1) is 16.6. The molecule has 1 heterocycles. The molecule has 5 aromatic rings. The molecule has 0 atom stereocenters. The van der Waals surface area contributed by atoms with Gasteiger partial charge in [-0.3, -0.25) is 0 Å². The monoisotopic (exact) mass is 480 g/mol. The third kappa shape index (κ3) is 4.60. The maximum absolute atomic E-state index is 5.41. The molecule has 0 saturated carbocycles. The van der Waals surface area contributed by atoms with Crippen molar-refractivity contribution in [2.45, 2.75) is 4.90 Å². The summed E-state index contributed by atoms with van der Waals surface area (Å²) in [6, 6.07) is 36.0. The SMILES string of the molecule is COc1ccc(-c2ccc(-c3ccc(-c4ccc(-c5ccc(S)c(OC)c5)cc4)s3)cc2)cc1. The third-order valence-corrected chi connectivity index (χ3v) is 7.43. The summed E-state index contributed by atoms with van der Waals surface area (Å²) in [6.07, 6.45) is 0. The Balaban J connectivity index is 1.34. The van der Waals surface area contributed by atoms with Crippen molar-refractivity contribution in [1.29, 1.82) is 0 Å². The van der Waals surface area contributed by atoms with Crippen LogP contribution in [0.25, 0.3) is 43.1 Å². The highest BCUT2D eigenvalue weighted by molar-refractivity contribution is 7.80. The molecule has 34 heavy (non-hydrogen) atoms. The largest absolute Gasteiger partial charge is 0.497 e. The molecule has 0 saturated heterocycles. The van der Waals surface area contributed by atoms with Crippen molar-refractivity contribution in [1.82, 2.24) is 0 Å². The first kappa shape index (κ1) is 22.3. The molecule has 4 heteroatoms. The molecule has 0 fully saturated rings. The van der Waals surface area contributed by atoms with E-state index in [0.29, 0.717) is 0 Å². The smallest absolute Gasteiger partial charge is 0.132 e. The number of hydrogen-bond acceptors (Lipinski definition) is 4. The third-order valence-electron chi connectivity index (χ3n) is 5.88. The van der Waals surface area contributed by atoms with Gasteiger partial charge in [0, 0.05) is 14.6 Å². The van der Waals surface area contributed by atoms with E-state index in [-0.39, 0.29) is 0 Å². The summed E-state index contributed by atoms with van der Waals surface area (Å²) in [5.74, 6) is 1.65. The molecule has 2 nitrogen and oxygen atoms in total. The Morgan fingerprint density at radius 2 is 0.941 bits per heavy atom. The molecule has 0 aliphatic heterocycles. The molecule has 0 radical (unpaired) electrons. The molecule has 0 aliphatic carbocycles. The van der Waals surface area contributed by atoms with Crippen molar-refractivity contribution in [3.63, 3.8) is 0 Å². The van der Waals surface area contributed by atoms with E-state index in [4.69, 9.17) is 9.47 Å². The summed E-state index contributed by atoms with van der Waals surface area (Å²) in [4.78, 5) is 3.35. The van der Waals surface area contributed by atoms with Crippen LogP contribution in [-0.2, 0) is 0 Å². The molecule has 0 unspecified atom stereocenters. The lowest BCUT2D eigenvalue weighted by molar-refractivity contribution is 0.405. The lowest BCUT2D eigenvalue weighted by Gasteiger charge is -2.08. The number of benzene rings is 4. The second-order valence-electron chi connectivity index (χ2n) is 7.93. The molecule has 4 aromatic carbocycles. The van der Waals surface area contributed by atoms with Gasteiger partial charge in [-0.05, 0) is 69.8 Å². The predicted octanol–water partition coefficient (Wildman–Crippen LogP) is 8.72. The van der Waals surface area contributed by atoms with Crippen molar-refractivity contribution in [2.75, 3.05) is 14.2 Å². The van der Waals surface area contributed by atoms with Crippen LogP contribution < -0.4 is 9.47 Å². The topological polar surface area (TPSA) is 18.5 Å². The highest BCUT2D eigenvalue weighted by atomic mass is 32.1. The summed E-state index contributed by atoms with van der Waals surface area (Å²) in [5.41, 5.74) is 7.09. The van der Waals surface area contributed by atoms with Crippen LogP contribution in [-0.4, -0.2) is 14.2 Å². The standard InChI is InChI=1S/C30H24O2S2/c1-31-26-14-11-21(12-15-26)20-3-7-23(8-4-20)29-17-18-30(34-29)24-9-5-22(6-10-24)25-13-16-28(33)27(19-25)32-2/h3-19,33H,1-2H3. The fourth-order valence-corrected chi connectivity index (χ4v) is 5.19. The van der Waals surface area contributed by atoms with Crippen molar-refractivity contribution in [3.05, 3.63) is 103 Å². The van der Waals surface area contributed by atoms with E-state index < -0.39 is 0 Å². The van der Waals surface area contributed by atoms with Crippen molar-refractivity contribution < 1.29 is 9.47 Å². The van der Waals surface area contributed by atoms with Crippen LogP contribution in [0.4, 0.5) is 0 Å². The van der Waals surface area contributed by atoms with Crippen molar-refractivity contribution >= 4 is 24.0 Å². The van der Waals surface area contributed by atoms with Gasteiger partial charge in [-0.15, -0.1) is 24.0 Å². The molecular formula is C30H24O2S2. The normalized spacial score (nSPS) is 10.8. The van der Waals surface area contributed by atoms with Crippen molar-refractivity contribution in [3.8, 4) is 54.6 Å². The fourth-order valence-electron chi connectivity index (χ4n) is 3.94. The van der Waals surface area contributed by atoms with Crippen LogP contribution in [0.2, 0.25) is 0 Å². The minimum Gasteiger partial charge on any atom is -0.497 e. The van der Waals surface area contributed by atoms with E-state index in [0.717, 1.165) is 27.5 Å². The maximum atomic E-state index is 5.41. The highest BCUT2D eigenvalue weighted by Gasteiger charge is 2.08. The van der Waals surface area contributed by atoms with Gasteiger partial charge in [-0.25, -0.2) is 0 Å². The average molecular weight is 481 g/mol. The number of rotatable bonds is 6. The first-order valence-corrected chi connectivity index (χ1v) is 12.2. The number of methoxy groups -OCH3 is 2. The van der Waals surface area contributed by atoms with Gasteiger partial charge in [-0.1, -0.05) is 66.7 Å². The fraction of sp³-hybridized carbons (Fsp3) is 0.0667. The van der Waals surface area contributed by atoms with E-state index in [1.807, 2.05) is 35.6 Å². The highest BCUT2D eigenvalue weighted by Crippen LogP contribution is 2.37. The molecule has 0 aliphatic rings. The Morgan fingerprint density at radius 3 is 1.44 bits per heavy atom. The Labute approximate surface area is 209 Å². The summed E-state index contributed by atoms with van der Waals surface area (Å²) in [7, 11) is 3.36. The predicted molar refractivity (Wildman–Crippen MR) is 146 cm³/mol. The number of ether oxygens (including phenoxy) is 2. The van der Waals surface area contributed by atoms with Crippen LogP contribution in [0.15, 0.2) is 108 Å². The Morgan fingerprint density at radius 1 is 0.500 bits per heavy atom. The molecule has 0 bridgehead atoms. The minimum absolute atomic E-state index is 0.783. The van der Waals surface area contributed by atoms with Gasteiger partial charge in [0.2, 0.25) is 0 Å². The molecule has 0 amide bonds. The van der Waals surface area contributed by atoms with Gasteiger partial charge >= 0.3 is 0 Å². The Hall–Kier alpha value is -3.47. The zero-order chi connectivity index (χ0) is 23.5. The van der Waals surface area contributed by atoms with E-state index in [1.165, 1.54) is 32.0 Å². The van der Waals surface area contributed by atoms with Gasteiger partial charge < -0.3 is 9.47 Å². The number of thiophene rings is 1. The van der Waals surface area contributed by atoms with Crippen LogP contribution in [0.1, 0.15) is 0 Å². The molecule has 5 rings (SSSR count). The maximum Gasteiger partial charge on any atom is 0.132 e.